The summed E-state index contributed by atoms with van der Waals surface area (Å²) >= 11 is 5.39. The summed E-state index contributed by atoms with van der Waals surface area (Å²) in [4.78, 5) is 4.99. The van der Waals surface area contributed by atoms with Gasteiger partial charge in [0.25, 0.3) is 0 Å². The number of hydrogen-bond donors (Lipinski definition) is 2. The van der Waals surface area contributed by atoms with Crippen molar-refractivity contribution in [2.45, 2.75) is 12.5 Å². The second-order valence-electron chi connectivity index (χ2n) is 4.86. The van der Waals surface area contributed by atoms with Crippen molar-refractivity contribution in [1.82, 2.24) is 10.3 Å². The Balaban J connectivity index is 1.94. The second-order valence-corrected chi connectivity index (χ2v) is 6.75. The van der Waals surface area contributed by atoms with Crippen LogP contribution in [0.4, 0.5) is 0 Å². The van der Waals surface area contributed by atoms with Crippen LogP contribution in [0.3, 0.4) is 0 Å². The molecule has 2 aromatic heterocycles. The van der Waals surface area contributed by atoms with Gasteiger partial charge in [-0.2, -0.15) is 0 Å². The predicted octanol–water partition coefficient (Wildman–Crippen LogP) is 4.23. The van der Waals surface area contributed by atoms with Gasteiger partial charge in [-0.25, -0.2) is 0 Å². The number of fused-ring (bicyclic) bond motifs is 3. The zero-order chi connectivity index (χ0) is 12.8. The number of thiophene rings is 1. The molecule has 4 rings (SSSR count). The zero-order valence-electron chi connectivity index (χ0n) is 10.2. The van der Waals surface area contributed by atoms with E-state index < -0.39 is 0 Å². The average Bonchev–Trinajstić information content (AvgIpc) is 3.05. The van der Waals surface area contributed by atoms with E-state index in [9.17, 15) is 0 Å². The monoisotopic (exact) mass is 332 g/mol. The molecular weight excluding hydrogens is 320 g/mol. The fraction of sp³-hybridized carbons (Fsp3) is 0.200. The van der Waals surface area contributed by atoms with Crippen molar-refractivity contribution in [3.8, 4) is 0 Å². The molecule has 3 aromatic rings. The van der Waals surface area contributed by atoms with Crippen molar-refractivity contribution < 1.29 is 0 Å². The molecule has 0 saturated carbocycles. The number of H-pyrrole nitrogens is 1. The number of nitrogens with one attached hydrogen (secondary N) is 2. The third kappa shape index (κ3) is 1.86. The van der Waals surface area contributed by atoms with E-state index in [0.29, 0.717) is 6.04 Å². The van der Waals surface area contributed by atoms with Gasteiger partial charge >= 0.3 is 0 Å². The maximum atomic E-state index is 3.62. The minimum atomic E-state index is 0.315. The Morgan fingerprint density at radius 1 is 1.26 bits per heavy atom. The Bertz CT molecular complexity index is 730. The highest BCUT2D eigenvalue weighted by Crippen LogP contribution is 2.35. The zero-order valence-corrected chi connectivity index (χ0v) is 12.6. The largest absolute Gasteiger partial charge is 0.357 e. The van der Waals surface area contributed by atoms with Gasteiger partial charge in [0.1, 0.15) is 0 Å². The number of aromatic nitrogens is 1. The van der Waals surface area contributed by atoms with Gasteiger partial charge in [-0.3, -0.25) is 0 Å². The lowest BCUT2D eigenvalue weighted by atomic mass is 9.98. The van der Waals surface area contributed by atoms with Crippen molar-refractivity contribution >= 4 is 38.2 Å². The van der Waals surface area contributed by atoms with Crippen LogP contribution < -0.4 is 5.32 Å². The first-order valence-electron chi connectivity index (χ1n) is 6.40. The van der Waals surface area contributed by atoms with Crippen LogP contribution in [0.5, 0.6) is 0 Å². The van der Waals surface area contributed by atoms with E-state index in [1.165, 1.54) is 27.0 Å². The smallest absolute Gasteiger partial charge is 0.0826 e. The first kappa shape index (κ1) is 11.7. The van der Waals surface area contributed by atoms with Gasteiger partial charge < -0.3 is 10.3 Å². The van der Waals surface area contributed by atoms with E-state index in [0.717, 1.165) is 17.4 Å². The molecule has 19 heavy (non-hydrogen) atoms. The predicted molar refractivity (Wildman–Crippen MR) is 83.9 cm³/mol. The molecule has 0 spiro atoms. The van der Waals surface area contributed by atoms with Crippen molar-refractivity contribution in [3.05, 3.63) is 56.3 Å². The number of hydrogen-bond acceptors (Lipinski definition) is 2. The van der Waals surface area contributed by atoms with Crippen LogP contribution in [-0.4, -0.2) is 11.5 Å². The molecule has 1 unspecified atom stereocenters. The molecule has 0 fully saturated rings. The molecule has 1 aliphatic rings. The molecule has 3 heterocycles. The fourth-order valence-corrected chi connectivity index (χ4v) is 4.07. The third-order valence-electron chi connectivity index (χ3n) is 3.74. The van der Waals surface area contributed by atoms with Crippen LogP contribution >= 0.6 is 27.3 Å². The highest BCUT2D eigenvalue weighted by molar-refractivity contribution is 9.10. The maximum Gasteiger partial charge on any atom is 0.0826 e. The molecule has 0 bridgehead atoms. The number of benzene rings is 1. The summed E-state index contributed by atoms with van der Waals surface area (Å²) in [6, 6.07) is 11.1. The Hall–Kier alpha value is -1.10. The van der Waals surface area contributed by atoms with Crippen molar-refractivity contribution in [2.75, 3.05) is 6.54 Å². The molecule has 0 saturated heterocycles. The third-order valence-corrected chi connectivity index (χ3v) is 5.17. The normalized spacial score (nSPS) is 18.7. The minimum Gasteiger partial charge on any atom is -0.357 e. The molecule has 0 aliphatic carbocycles. The van der Waals surface area contributed by atoms with Crippen LogP contribution in [0.25, 0.3) is 10.9 Å². The molecule has 1 atom stereocenters. The first-order valence-corrected chi connectivity index (χ1v) is 8.07. The van der Waals surface area contributed by atoms with Crippen LogP contribution in [0.2, 0.25) is 0 Å². The van der Waals surface area contributed by atoms with Crippen LogP contribution in [0, 0.1) is 0 Å². The van der Waals surface area contributed by atoms with Gasteiger partial charge in [-0.1, -0.05) is 22.0 Å². The Morgan fingerprint density at radius 2 is 2.21 bits per heavy atom. The molecule has 2 nitrogen and oxygen atoms in total. The lowest BCUT2D eigenvalue weighted by Crippen LogP contribution is -2.29. The Kier molecular flexibility index (Phi) is 2.76. The molecular formula is C15H13BrN2S. The molecule has 2 N–H and O–H groups in total. The summed E-state index contributed by atoms with van der Waals surface area (Å²) in [6.07, 6.45) is 1.09. The van der Waals surface area contributed by atoms with Crippen molar-refractivity contribution in [2.24, 2.45) is 0 Å². The topological polar surface area (TPSA) is 27.8 Å². The average molecular weight is 333 g/mol. The second kappa shape index (κ2) is 4.47. The van der Waals surface area contributed by atoms with Gasteiger partial charge in [0.2, 0.25) is 0 Å². The highest BCUT2D eigenvalue weighted by atomic mass is 79.9. The maximum absolute atomic E-state index is 3.62. The fourth-order valence-electron chi connectivity index (χ4n) is 2.90. The number of halogens is 1. The summed E-state index contributed by atoms with van der Waals surface area (Å²) in [5.41, 5.74) is 4.04. The van der Waals surface area contributed by atoms with Gasteiger partial charge in [-0.15, -0.1) is 11.3 Å². The van der Waals surface area contributed by atoms with E-state index in [-0.39, 0.29) is 0 Å². The highest BCUT2D eigenvalue weighted by Gasteiger charge is 2.25. The van der Waals surface area contributed by atoms with Gasteiger partial charge in [0.05, 0.1) is 6.04 Å². The summed E-state index contributed by atoms with van der Waals surface area (Å²) < 4.78 is 1.15. The summed E-state index contributed by atoms with van der Waals surface area (Å²) in [7, 11) is 0. The van der Waals surface area contributed by atoms with E-state index in [2.05, 4.69) is 61.9 Å². The summed E-state index contributed by atoms with van der Waals surface area (Å²) in [5, 5.41) is 7.12. The molecule has 1 aromatic carbocycles. The number of aromatic amines is 1. The van der Waals surface area contributed by atoms with Crippen LogP contribution in [0.1, 0.15) is 22.2 Å². The number of rotatable bonds is 1. The standard InChI is InChI=1S/C15H13BrN2S/c16-9-3-4-12-11(8-9)10-5-6-17-15(14(10)18-12)13-2-1-7-19-13/h1-4,7-8,15,17-18H,5-6H2. The van der Waals surface area contributed by atoms with E-state index in [1.807, 2.05) is 11.3 Å². The van der Waals surface area contributed by atoms with E-state index in [1.54, 1.807) is 0 Å². The van der Waals surface area contributed by atoms with Crippen molar-refractivity contribution in [3.63, 3.8) is 0 Å². The van der Waals surface area contributed by atoms with Crippen LogP contribution in [-0.2, 0) is 6.42 Å². The van der Waals surface area contributed by atoms with Crippen molar-refractivity contribution in [1.29, 1.82) is 0 Å². The van der Waals surface area contributed by atoms with Crippen LogP contribution in [0.15, 0.2) is 40.2 Å². The molecule has 1 aliphatic heterocycles. The molecule has 0 radical (unpaired) electrons. The van der Waals surface area contributed by atoms with E-state index in [4.69, 9.17) is 0 Å². The summed E-state index contributed by atoms with van der Waals surface area (Å²) in [6.45, 7) is 1.04. The van der Waals surface area contributed by atoms with Gasteiger partial charge in [0, 0.05) is 32.5 Å². The first-order chi connectivity index (χ1) is 9.33. The van der Waals surface area contributed by atoms with E-state index >= 15 is 0 Å². The van der Waals surface area contributed by atoms with Gasteiger partial charge in [-0.05, 0) is 41.6 Å². The SMILES string of the molecule is Brc1ccc2[nH]c3c(c2c1)CCNC3c1cccs1. The molecule has 4 heteroatoms. The quantitative estimate of drug-likeness (QED) is 0.685. The molecule has 0 amide bonds. The Morgan fingerprint density at radius 3 is 3.05 bits per heavy atom. The lowest BCUT2D eigenvalue weighted by molar-refractivity contribution is 0.567. The lowest BCUT2D eigenvalue weighted by Gasteiger charge is -2.23. The minimum absolute atomic E-state index is 0.315. The molecule has 96 valence electrons. The van der Waals surface area contributed by atoms with Gasteiger partial charge in [0.15, 0.2) is 0 Å². The summed E-state index contributed by atoms with van der Waals surface area (Å²) in [5.74, 6) is 0. The Labute approximate surface area is 124 Å².